The van der Waals surface area contributed by atoms with Crippen molar-refractivity contribution in [1.29, 1.82) is 0 Å². The van der Waals surface area contributed by atoms with Crippen LogP contribution in [-0.4, -0.2) is 12.1 Å². The van der Waals surface area contributed by atoms with Crippen LogP contribution in [0, 0.1) is 0 Å². The first-order valence-electron chi connectivity index (χ1n) is 5.67. The first-order valence-corrected chi connectivity index (χ1v) is 6.05. The van der Waals surface area contributed by atoms with Gasteiger partial charge in [0, 0.05) is 16.8 Å². The number of nitrogen functional groups attached to an aromatic ring is 1. The van der Waals surface area contributed by atoms with E-state index < -0.39 is 0 Å². The maximum atomic E-state index is 5.92. The highest BCUT2D eigenvalue weighted by molar-refractivity contribution is 6.31. The molecule has 3 rings (SSSR count). The standard InChI is InChI=1S/C14H11ClN2O2/c1-18-9-3-5-13-12(7-9)17-14(19-13)10-4-2-8(15)6-11(10)16/h2-7H,16H2,1H3. The molecule has 0 aliphatic rings. The largest absolute Gasteiger partial charge is 0.497 e. The third kappa shape index (κ3) is 2.11. The number of aromatic nitrogens is 1. The van der Waals surface area contributed by atoms with Crippen LogP contribution in [0.5, 0.6) is 5.75 Å². The fraction of sp³-hybridized carbons (Fsp3) is 0.0714. The molecule has 3 aromatic rings. The van der Waals surface area contributed by atoms with E-state index in [0.29, 0.717) is 22.2 Å². The Balaban J connectivity index is 2.14. The maximum absolute atomic E-state index is 5.92. The van der Waals surface area contributed by atoms with Gasteiger partial charge in [0.05, 0.1) is 12.7 Å². The summed E-state index contributed by atoms with van der Waals surface area (Å²) in [5, 5.41) is 0.582. The smallest absolute Gasteiger partial charge is 0.229 e. The lowest BCUT2D eigenvalue weighted by molar-refractivity contribution is 0.415. The van der Waals surface area contributed by atoms with E-state index in [-0.39, 0.29) is 0 Å². The zero-order chi connectivity index (χ0) is 13.4. The van der Waals surface area contributed by atoms with Crippen molar-refractivity contribution in [2.24, 2.45) is 0 Å². The molecule has 0 atom stereocenters. The second kappa shape index (κ2) is 4.48. The van der Waals surface area contributed by atoms with E-state index in [1.54, 1.807) is 25.3 Å². The van der Waals surface area contributed by atoms with Crippen molar-refractivity contribution in [1.82, 2.24) is 4.98 Å². The van der Waals surface area contributed by atoms with Gasteiger partial charge >= 0.3 is 0 Å². The Morgan fingerprint density at radius 3 is 2.79 bits per heavy atom. The van der Waals surface area contributed by atoms with Gasteiger partial charge in [0.25, 0.3) is 0 Å². The molecule has 2 N–H and O–H groups in total. The van der Waals surface area contributed by atoms with Crippen LogP contribution < -0.4 is 10.5 Å². The summed E-state index contributed by atoms with van der Waals surface area (Å²) in [5.41, 5.74) is 8.59. The Bertz CT molecular complexity index is 752. The van der Waals surface area contributed by atoms with Gasteiger partial charge in [-0.05, 0) is 30.3 Å². The number of ether oxygens (including phenoxy) is 1. The van der Waals surface area contributed by atoms with E-state index in [0.717, 1.165) is 16.8 Å². The fourth-order valence-corrected chi connectivity index (χ4v) is 2.06. The number of fused-ring (bicyclic) bond motifs is 1. The average Bonchev–Trinajstić information content (AvgIpc) is 2.80. The highest BCUT2D eigenvalue weighted by Gasteiger charge is 2.11. The molecule has 0 spiro atoms. The van der Waals surface area contributed by atoms with Gasteiger partial charge in [0.15, 0.2) is 5.58 Å². The van der Waals surface area contributed by atoms with E-state index in [9.17, 15) is 0 Å². The van der Waals surface area contributed by atoms with Crippen molar-refractivity contribution in [2.75, 3.05) is 12.8 Å². The molecule has 96 valence electrons. The van der Waals surface area contributed by atoms with Gasteiger partial charge in [-0.25, -0.2) is 4.98 Å². The molecule has 0 fully saturated rings. The van der Waals surface area contributed by atoms with Crippen LogP contribution in [-0.2, 0) is 0 Å². The minimum atomic E-state index is 0.470. The number of nitrogens with two attached hydrogens (primary N) is 1. The molecule has 0 aliphatic carbocycles. The van der Waals surface area contributed by atoms with Crippen LogP contribution in [0.2, 0.25) is 5.02 Å². The van der Waals surface area contributed by atoms with Crippen LogP contribution >= 0.6 is 11.6 Å². The van der Waals surface area contributed by atoms with Gasteiger partial charge in [-0.2, -0.15) is 0 Å². The van der Waals surface area contributed by atoms with Crippen molar-refractivity contribution < 1.29 is 9.15 Å². The minimum absolute atomic E-state index is 0.470. The zero-order valence-corrected chi connectivity index (χ0v) is 10.9. The van der Waals surface area contributed by atoms with E-state index in [1.165, 1.54) is 0 Å². The molecule has 0 saturated carbocycles. The second-order valence-corrected chi connectivity index (χ2v) is 4.52. The Labute approximate surface area is 114 Å². The van der Waals surface area contributed by atoms with Crippen molar-refractivity contribution >= 4 is 28.4 Å². The lowest BCUT2D eigenvalue weighted by atomic mass is 10.2. The first-order chi connectivity index (χ1) is 9.17. The second-order valence-electron chi connectivity index (χ2n) is 4.08. The number of hydrogen-bond donors (Lipinski definition) is 1. The highest BCUT2D eigenvalue weighted by atomic mass is 35.5. The van der Waals surface area contributed by atoms with E-state index in [1.807, 2.05) is 18.2 Å². The van der Waals surface area contributed by atoms with E-state index in [2.05, 4.69) is 4.98 Å². The summed E-state index contributed by atoms with van der Waals surface area (Å²) in [6, 6.07) is 10.7. The summed E-state index contributed by atoms with van der Waals surface area (Å²) in [4.78, 5) is 4.41. The summed E-state index contributed by atoms with van der Waals surface area (Å²) < 4.78 is 10.8. The molecule has 1 heterocycles. The molecule has 1 aromatic heterocycles. The molecule has 0 bridgehead atoms. The van der Waals surface area contributed by atoms with Crippen molar-refractivity contribution in [3.05, 3.63) is 41.4 Å². The van der Waals surface area contributed by atoms with E-state index in [4.69, 9.17) is 26.5 Å². The lowest BCUT2D eigenvalue weighted by Gasteiger charge is -2.00. The third-order valence-corrected chi connectivity index (χ3v) is 3.07. The molecule has 4 nitrogen and oxygen atoms in total. The van der Waals surface area contributed by atoms with Gasteiger partial charge in [-0.15, -0.1) is 0 Å². The van der Waals surface area contributed by atoms with Crippen LogP contribution in [0.15, 0.2) is 40.8 Å². The van der Waals surface area contributed by atoms with Crippen LogP contribution in [0.3, 0.4) is 0 Å². The number of nitrogens with zero attached hydrogens (tertiary/aromatic N) is 1. The van der Waals surface area contributed by atoms with Crippen LogP contribution in [0.1, 0.15) is 0 Å². The zero-order valence-electron chi connectivity index (χ0n) is 10.2. The summed E-state index contributed by atoms with van der Waals surface area (Å²) >= 11 is 5.88. The van der Waals surface area contributed by atoms with Crippen molar-refractivity contribution in [3.8, 4) is 17.2 Å². The summed E-state index contributed by atoms with van der Waals surface area (Å²) in [7, 11) is 1.61. The van der Waals surface area contributed by atoms with Gasteiger partial charge in [0.2, 0.25) is 5.89 Å². The van der Waals surface area contributed by atoms with E-state index >= 15 is 0 Å². The fourth-order valence-electron chi connectivity index (χ4n) is 1.88. The number of benzene rings is 2. The Hall–Kier alpha value is -2.20. The number of halogens is 1. The Morgan fingerprint density at radius 1 is 1.21 bits per heavy atom. The number of methoxy groups -OCH3 is 1. The maximum Gasteiger partial charge on any atom is 0.229 e. The molecule has 0 amide bonds. The molecule has 5 heteroatoms. The SMILES string of the molecule is COc1ccc2oc(-c3ccc(Cl)cc3N)nc2c1. The number of anilines is 1. The van der Waals surface area contributed by atoms with Gasteiger partial charge < -0.3 is 14.9 Å². The molecule has 19 heavy (non-hydrogen) atoms. The predicted molar refractivity (Wildman–Crippen MR) is 75.4 cm³/mol. The third-order valence-electron chi connectivity index (χ3n) is 2.84. The quantitative estimate of drug-likeness (QED) is 0.723. The molecule has 0 aliphatic heterocycles. The number of oxazole rings is 1. The van der Waals surface area contributed by atoms with Crippen LogP contribution in [0.25, 0.3) is 22.6 Å². The summed E-state index contributed by atoms with van der Waals surface area (Å²) in [6.07, 6.45) is 0. The highest BCUT2D eigenvalue weighted by Crippen LogP contribution is 2.31. The normalized spacial score (nSPS) is 10.8. The average molecular weight is 275 g/mol. The Kier molecular flexibility index (Phi) is 2.80. The number of hydrogen-bond acceptors (Lipinski definition) is 4. The minimum Gasteiger partial charge on any atom is -0.497 e. The van der Waals surface area contributed by atoms with Crippen LogP contribution in [0.4, 0.5) is 5.69 Å². The van der Waals surface area contributed by atoms with Gasteiger partial charge in [-0.3, -0.25) is 0 Å². The lowest BCUT2D eigenvalue weighted by Crippen LogP contribution is -1.89. The molecular formula is C14H11ClN2O2. The molecule has 2 aromatic carbocycles. The first kappa shape index (κ1) is 11.9. The summed E-state index contributed by atoms with van der Waals surface area (Å²) in [6.45, 7) is 0. The van der Waals surface area contributed by atoms with Gasteiger partial charge in [0.1, 0.15) is 11.3 Å². The topological polar surface area (TPSA) is 61.3 Å². The summed E-state index contributed by atoms with van der Waals surface area (Å²) in [5.74, 6) is 1.20. The number of rotatable bonds is 2. The van der Waals surface area contributed by atoms with Crippen molar-refractivity contribution in [3.63, 3.8) is 0 Å². The monoisotopic (exact) mass is 274 g/mol. The van der Waals surface area contributed by atoms with Gasteiger partial charge in [-0.1, -0.05) is 11.6 Å². The predicted octanol–water partition coefficient (Wildman–Crippen LogP) is 3.74. The Morgan fingerprint density at radius 2 is 2.05 bits per heavy atom. The molecule has 0 radical (unpaired) electrons. The molecule has 0 saturated heterocycles. The van der Waals surface area contributed by atoms with Crippen molar-refractivity contribution in [2.45, 2.75) is 0 Å². The molecular weight excluding hydrogens is 264 g/mol. The molecule has 0 unspecified atom stereocenters.